The first-order valence-electron chi connectivity index (χ1n) is 12.3. The second-order valence-corrected chi connectivity index (χ2v) is 9.02. The molecule has 0 aliphatic carbocycles. The maximum absolute atomic E-state index is 14.0. The number of amides is 1. The minimum atomic E-state index is -0.484. The fourth-order valence-corrected chi connectivity index (χ4v) is 4.67. The van der Waals surface area contributed by atoms with Gasteiger partial charge < -0.3 is 19.8 Å². The van der Waals surface area contributed by atoms with Crippen LogP contribution in [0.1, 0.15) is 22.9 Å². The van der Waals surface area contributed by atoms with E-state index in [-0.39, 0.29) is 18.1 Å². The highest BCUT2D eigenvalue weighted by Gasteiger charge is 2.22. The van der Waals surface area contributed by atoms with Crippen LogP contribution in [0.3, 0.4) is 0 Å². The first-order chi connectivity index (χ1) is 18.5. The van der Waals surface area contributed by atoms with Crippen LogP contribution in [-0.2, 0) is 17.6 Å². The molecule has 0 saturated carbocycles. The lowest BCUT2D eigenvalue weighted by Gasteiger charge is -2.22. The lowest BCUT2D eigenvalue weighted by molar-refractivity contribution is -0.121. The molecular weight excluding hydrogens is 481 g/mol. The molecule has 3 aromatic carbocycles. The van der Waals surface area contributed by atoms with Gasteiger partial charge in [-0.25, -0.2) is 4.39 Å². The lowest BCUT2D eigenvalue weighted by Crippen LogP contribution is -2.32. The highest BCUT2D eigenvalue weighted by molar-refractivity contribution is 5.90. The molecule has 0 aliphatic heterocycles. The number of halogens is 1. The molecule has 6 nitrogen and oxygen atoms in total. The van der Waals surface area contributed by atoms with Gasteiger partial charge in [0.15, 0.2) is 0 Å². The zero-order valence-electron chi connectivity index (χ0n) is 21.2. The Morgan fingerprint density at radius 3 is 2.53 bits per heavy atom. The number of hydrogen-bond acceptors (Lipinski definition) is 4. The molecule has 38 heavy (non-hydrogen) atoms. The summed E-state index contributed by atoms with van der Waals surface area (Å²) >= 11 is 0. The molecule has 2 aromatic heterocycles. The number of carbonyl (C=O) groups is 1. The molecule has 5 rings (SSSR count). The van der Waals surface area contributed by atoms with E-state index in [9.17, 15) is 9.18 Å². The number of nitrogens with one attached hydrogen (secondary N) is 2. The number of hydrogen-bond donors (Lipinski definition) is 2. The van der Waals surface area contributed by atoms with E-state index < -0.39 is 6.04 Å². The Labute approximate surface area is 220 Å². The van der Waals surface area contributed by atoms with Crippen LogP contribution in [0.4, 0.5) is 4.39 Å². The summed E-state index contributed by atoms with van der Waals surface area (Å²) in [5.74, 6) is 0.984. The molecule has 5 aromatic rings. The standard InChI is InChI=1S/C31H28FN3O3/c1-37-24-10-8-21(9-11-24)26-7-4-14-33-31(26)29(16-20-5-3-6-23(32)15-20)35-30(36)17-22-19-34-28-13-12-25(38-2)18-27(22)28/h3-15,18-19,29,34H,16-17H2,1-2H3,(H,35,36)/t29-/m0/s1. The van der Waals surface area contributed by atoms with Gasteiger partial charge in [0.1, 0.15) is 17.3 Å². The summed E-state index contributed by atoms with van der Waals surface area (Å²) < 4.78 is 24.7. The van der Waals surface area contributed by atoms with Crippen LogP contribution >= 0.6 is 0 Å². The number of pyridine rings is 1. The molecule has 2 N–H and O–H groups in total. The van der Waals surface area contributed by atoms with Gasteiger partial charge in [-0.3, -0.25) is 9.78 Å². The first kappa shape index (κ1) is 25.0. The Kier molecular flexibility index (Phi) is 7.35. The first-order valence-corrected chi connectivity index (χ1v) is 12.3. The number of nitrogens with zero attached hydrogens (tertiary/aromatic N) is 1. The van der Waals surface area contributed by atoms with Crippen LogP contribution in [0.5, 0.6) is 11.5 Å². The number of rotatable bonds is 9. The third-order valence-corrected chi connectivity index (χ3v) is 6.56. The summed E-state index contributed by atoms with van der Waals surface area (Å²) in [7, 11) is 3.24. The highest BCUT2D eigenvalue weighted by atomic mass is 19.1. The average molecular weight is 510 g/mol. The number of methoxy groups -OCH3 is 2. The van der Waals surface area contributed by atoms with Crippen LogP contribution in [0.2, 0.25) is 0 Å². The van der Waals surface area contributed by atoms with Gasteiger partial charge in [0.2, 0.25) is 5.91 Å². The van der Waals surface area contributed by atoms with E-state index in [0.717, 1.165) is 44.7 Å². The third kappa shape index (κ3) is 5.52. The quantitative estimate of drug-likeness (QED) is 0.254. The molecule has 192 valence electrons. The molecule has 0 spiro atoms. The second-order valence-electron chi connectivity index (χ2n) is 9.02. The molecule has 0 unspecified atom stereocenters. The van der Waals surface area contributed by atoms with Gasteiger partial charge >= 0.3 is 0 Å². The van der Waals surface area contributed by atoms with Crippen molar-refractivity contribution in [3.05, 3.63) is 114 Å². The number of ether oxygens (including phenoxy) is 2. The fraction of sp³-hybridized carbons (Fsp3) is 0.161. The van der Waals surface area contributed by atoms with Gasteiger partial charge in [-0.1, -0.05) is 30.3 Å². The van der Waals surface area contributed by atoms with Crippen molar-refractivity contribution in [2.45, 2.75) is 18.9 Å². The third-order valence-electron chi connectivity index (χ3n) is 6.56. The van der Waals surface area contributed by atoms with Crippen molar-refractivity contribution in [2.24, 2.45) is 0 Å². The molecule has 0 aliphatic rings. The Hall–Kier alpha value is -4.65. The maximum Gasteiger partial charge on any atom is 0.225 e. The van der Waals surface area contributed by atoms with E-state index in [1.807, 2.05) is 66.9 Å². The SMILES string of the molecule is COc1ccc(-c2cccnc2[C@H](Cc2cccc(F)c2)NC(=O)Cc2c[nH]c3ccc(OC)cc23)cc1. The molecule has 0 saturated heterocycles. The van der Waals surface area contributed by atoms with Crippen molar-refractivity contribution in [2.75, 3.05) is 14.2 Å². The summed E-state index contributed by atoms with van der Waals surface area (Å²) in [5.41, 5.74) is 5.08. The van der Waals surface area contributed by atoms with Crippen LogP contribution in [0.15, 0.2) is 91.3 Å². The van der Waals surface area contributed by atoms with E-state index >= 15 is 0 Å². The molecule has 2 heterocycles. The minimum Gasteiger partial charge on any atom is -0.497 e. The summed E-state index contributed by atoms with van der Waals surface area (Å²) in [6.45, 7) is 0. The van der Waals surface area contributed by atoms with E-state index in [1.165, 1.54) is 12.1 Å². The van der Waals surface area contributed by atoms with E-state index in [2.05, 4.69) is 15.3 Å². The normalized spacial score (nSPS) is 11.8. The molecular formula is C31H28FN3O3. The predicted octanol–water partition coefficient (Wildman–Crippen LogP) is 6.03. The zero-order chi connectivity index (χ0) is 26.5. The number of benzene rings is 3. The van der Waals surface area contributed by atoms with Crippen LogP contribution in [-0.4, -0.2) is 30.1 Å². The molecule has 0 radical (unpaired) electrons. The van der Waals surface area contributed by atoms with Gasteiger partial charge in [0, 0.05) is 28.9 Å². The van der Waals surface area contributed by atoms with E-state index in [1.54, 1.807) is 26.5 Å². The van der Waals surface area contributed by atoms with Crippen molar-refractivity contribution >= 4 is 16.8 Å². The molecule has 7 heteroatoms. The minimum absolute atomic E-state index is 0.164. The molecule has 1 amide bonds. The number of fused-ring (bicyclic) bond motifs is 1. The summed E-state index contributed by atoms with van der Waals surface area (Å²) in [6.07, 6.45) is 4.09. The Bertz CT molecular complexity index is 1560. The van der Waals surface area contributed by atoms with Gasteiger partial charge in [-0.05, 0) is 71.6 Å². The largest absolute Gasteiger partial charge is 0.497 e. The van der Waals surface area contributed by atoms with Crippen molar-refractivity contribution < 1.29 is 18.7 Å². The lowest BCUT2D eigenvalue weighted by atomic mass is 9.95. The smallest absolute Gasteiger partial charge is 0.225 e. The summed E-state index contributed by atoms with van der Waals surface area (Å²) in [5, 5.41) is 4.10. The molecule has 0 bridgehead atoms. The van der Waals surface area contributed by atoms with Crippen LogP contribution in [0, 0.1) is 5.82 Å². The molecule has 1 atom stereocenters. The van der Waals surface area contributed by atoms with Crippen molar-refractivity contribution in [3.8, 4) is 22.6 Å². The van der Waals surface area contributed by atoms with E-state index in [4.69, 9.17) is 9.47 Å². The zero-order valence-corrected chi connectivity index (χ0v) is 21.2. The van der Waals surface area contributed by atoms with Gasteiger partial charge in [0.25, 0.3) is 0 Å². The van der Waals surface area contributed by atoms with Crippen molar-refractivity contribution in [3.63, 3.8) is 0 Å². The summed E-state index contributed by atoms with van der Waals surface area (Å²) in [4.78, 5) is 21.3. The Balaban J connectivity index is 1.47. The fourth-order valence-electron chi connectivity index (χ4n) is 4.67. The molecule has 0 fully saturated rings. The second kappa shape index (κ2) is 11.2. The average Bonchev–Trinajstić information content (AvgIpc) is 3.34. The van der Waals surface area contributed by atoms with E-state index in [0.29, 0.717) is 12.1 Å². The van der Waals surface area contributed by atoms with Gasteiger partial charge in [-0.2, -0.15) is 0 Å². The Morgan fingerprint density at radius 1 is 0.974 bits per heavy atom. The number of aromatic nitrogens is 2. The van der Waals surface area contributed by atoms with Gasteiger partial charge in [0.05, 0.1) is 32.4 Å². The number of carbonyl (C=O) groups excluding carboxylic acids is 1. The number of H-pyrrole nitrogens is 1. The Morgan fingerprint density at radius 2 is 1.76 bits per heavy atom. The maximum atomic E-state index is 14.0. The van der Waals surface area contributed by atoms with Crippen LogP contribution < -0.4 is 14.8 Å². The highest BCUT2D eigenvalue weighted by Crippen LogP contribution is 2.30. The number of aromatic amines is 1. The predicted molar refractivity (Wildman–Crippen MR) is 146 cm³/mol. The van der Waals surface area contributed by atoms with Gasteiger partial charge in [-0.15, -0.1) is 0 Å². The van der Waals surface area contributed by atoms with Crippen molar-refractivity contribution in [1.29, 1.82) is 0 Å². The summed E-state index contributed by atoms with van der Waals surface area (Å²) in [6, 6.07) is 23.2. The topological polar surface area (TPSA) is 76.2 Å². The van der Waals surface area contributed by atoms with Crippen LogP contribution in [0.25, 0.3) is 22.0 Å². The van der Waals surface area contributed by atoms with Crippen molar-refractivity contribution in [1.82, 2.24) is 15.3 Å². The monoisotopic (exact) mass is 509 g/mol.